The van der Waals surface area contributed by atoms with Gasteiger partial charge in [-0.3, -0.25) is 0 Å². The van der Waals surface area contributed by atoms with Crippen LogP contribution < -0.4 is 5.73 Å². The first-order chi connectivity index (χ1) is 5.59. The van der Waals surface area contributed by atoms with E-state index in [0.29, 0.717) is 0 Å². The second-order valence-electron chi connectivity index (χ2n) is 2.93. The Balaban J connectivity index is 2.82. The molecule has 1 atom stereocenters. The molecule has 0 amide bonds. The van der Waals surface area contributed by atoms with Gasteiger partial charge in [-0.05, 0) is 47.0 Å². The molecular formula is C9H11BrClN. The maximum Gasteiger partial charge on any atom is 0.0548 e. The summed E-state index contributed by atoms with van der Waals surface area (Å²) in [6.45, 7) is 1.99. The first kappa shape index (κ1) is 10.0. The van der Waals surface area contributed by atoms with E-state index in [0.717, 1.165) is 15.9 Å². The molecule has 3 heteroatoms. The third-order valence-electron chi connectivity index (χ3n) is 1.54. The normalized spacial score (nSPS) is 13.0. The smallest absolute Gasteiger partial charge is 0.0548 e. The largest absolute Gasteiger partial charge is 0.328 e. The summed E-state index contributed by atoms with van der Waals surface area (Å²) in [6, 6.07) is 6.07. The first-order valence-electron chi connectivity index (χ1n) is 3.79. The Bertz CT molecular complexity index is 273. The topological polar surface area (TPSA) is 26.0 Å². The van der Waals surface area contributed by atoms with E-state index < -0.39 is 0 Å². The van der Waals surface area contributed by atoms with E-state index in [1.54, 1.807) is 0 Å². The van der Waals surface area contributed by atoms with E-state index in [9.17, 15) is 0 Å². The average Bonchev–Trinajstić information content (AvgIpc) is 1.96. The van der Waals surface area contributed by atoms with Crippen molar-refractivity contribution in [2.45, 2.75) is 19.4 Å². The fourth-order valence-electron chi connectivity index (χ4n) is 1.04. The zero-order valence-electron chi connectivity index (χ0n) is 6.85. The van der Waals surface area contributed by atoms with Gasteiger partial charge in [-0.15, -0.1) is 0 Å². The highest BCUT2D eigenvalue weighted by molar-refractivity contribution is 9.10. The van der Waals surface area contributed by atoms with Crippen LogP contribution in [-0.2, 0) is 6.42 Å². The summed E-state index contributed by atoms with van der Waals surface area (Å²) in [5.41, 5.74) is 6.87. The summed E-state index contributed by atoms with van der Waals surface area (Å²) in [7, 11) is 0. The van der Waals surface area contributed by atoms with Crippen molar-refractivity contribution in [3.63, 3.8) is 0 Å². The molecule has 0 unspecified atom stereocenters. The van der Waals surface area contributed by atoms with Crippen LogP contribution in [0.15, 0.2) is 22.7 Å². The third-order valence-corrected chi connectivity index (χ3v) is 2.76. The third kappa shape index (κ3) is 2.77. The number of halogens is 2. The van der Waals surface area contributed by atoms with Crippen LogP contribution in [0.2, 0.25) is 5.02 Å². The van der Waals surface area contributed by atoms with Gasteiger partial charge in [0.25, 0.3) is 0 Å². The number of hydrogen-bond donors (Lipinski definition) is 1. The highest BCUT2D eigenvalue weighted by atomic mass is 79.9. The lowest BCUT2D eigenvalue weighted by molar-refractivity contribution is 0.738. The lowest BCUT2D eigenvalue weighted by atomic mass is 10.1. The van der Waals surface area contributed by atoms with Crippen LogP contribution in [-0.4, -0.2) is 6.04 Å². The standard InChI is InChI=1S/C9H11BrClN/c1-6(12)4-7-2-3-9(11)8(10)5-7/h2-3,5-6H,4,12H2,1H3/t6-/m0/s1. The number of benzene rings is 1. The summed E-state index contributed by atoms with van der Waals surface area (Å²) < 4.78 is 0.933. The monoisotopic (exact) mass is 247 g/mol. The molecule has 0 aliphatic rings. The van der Waals surface area contributed by atoms with E-state index in [4.69, 9.17) is 17.3 Å². The van der Waals surface area contributed by atoms with Crippen molar-refractivity contribution in [1.29, 1.82) is 0 Å². The van der Waals surface area contributed by atoms with Crippen LogP contribution in [0.25, 0.3) is 0 Å². The van der Waals surface area contributed by atoms with Gasteiger partial charge in [0.2, 0.25) is 0 Å². The van der Waals surface area contributed by atoms with Crippen LogP contribution in [0.4, 0.5) is 0 Å². The average molecular weight is 249 g/mol. The van der Waals surface area contributed by atoms with Crippen molar-refractivity contribution in [1.82, 2.24) is 0 Å². The number of hydrogen-bond acceptors (Lipinski definition) is 1. The van der Waals surface area contributed by atoms with Gasteiger partial charge in [0, 0.05) is 10.5 Å². The fraction of sp³-hybridized carbons (Fsp3) is 0.333. The molecule has 1 rings (SSSR count). The fourth-order valence-corrected chi connectivity index (χ4v) is 1.58. The molecule has 0 radical (unpaired) electrons. The van der Waals surface area contributed by atoms with Crippen molar-refractivity contribution >= 4 is 27.5 Å². The summed E-state index contributed by atoms with van der Waals surface area (Å²) in [5, 5.41) is 0.739. The molecular weight excluding hydrogens is 237 g/mol. The molecule has 0 saturated carbocycles. The minimum absolute atomic E-state index is 0.193. The van der Waals surface area contributed by atoms with Gasteiger partial charge in [0.1, 0.15) is 0 Å². The summed E-state index contributed by atoms with van der Waals surface area (Å²) in [4.78, 5) is 0. The Morgan fingerprint density at radius 2 is 2.25 bits per heavy atom. The predicted octanol–water partition coefficient (Wildman–Crippen LogP) is 2.99. The van der Waals surface area contributed by atoms with Crippen LogP contribution in [0.1, 0.15) is 12.5 Å². The Morgan fingerprint density at radius 1 is 1.58 bits per heavy atom. The van der Waals surface area contributed by atoms with Gasteiger partial charge >= 0.3 is 0 Å². The van der Waals surface area contributed by atoms with Crippen LogP contribution in [0.3, 0.4) is 0 Å². The quantitative estimate of drug-likeness (QED) is 0.855. The molecule has 66 valence electrons. The van der Waals surface area contributed by atoms with Gasteiger partial charge in [0.15, 0.2) is 0 Å². The predicted molar refractivity (Wildman–Crippen MR) is 56.5 cm³/mol. The van der Waals surface area contributed by atoms with Gasteiger partial charge in [-0.25, -0.2) is 0 Å². The Morgan fingerprint density at radius 3 is 2.75 bits per heavy atom. The lowest BCUT2D eigenvalue weighted by Gasteiger charge is -2.05. The van der Waals surface area contributed by atoms with Crippen molar-refractivity contribution in [3.05, 3.63) is 33.3 Å². The van der Waals surface area contributed by atoms with Crippen molar-refractivity contribution < 1.29 is 0 Å². The molecule has 0 heterocycles. The Kier molecular flexibility index (Phi) is 3.56. The molecule has 0 aliphatic carbocycles. The SMILES string of the molecule is C[C@H](N)Cc1ccc(Cl)c(Br)c1. The highest BCUT2D eigenvalue weighted by Gasteiger charge is 2.00. The van der Waals surface area contributed by atoms with Gasteiger partial charge < -0.3 is 5.73 Å². The molecule has 0 saturated heterocycles. The molecule has 2 N–H and O–H groups in total. The van der Waals surface area contributed by atoms with Gasteiger partial charge in [-0.1, -0.05) is 17.7 Å². The summed E-state index contributed by atoms with van der Waals surface area (Å²) in [6.07, 6.45) is 0.885. The Hall–Kier alpha value is -0.0500. The van der Waals surface area contributed by atoms with Crippen molar-refractivity contribution in [2.75, 3.05) is 0 Å². The van der Waals surface area contributed by atoms with E-state index in [-0.39, 0.29) is 6.04 Å². The van der Waals surface area contributed by atoms with Crippen LogP contribution >= 0.6 is 27.5 Å². The van der Waals surface area contributed by atoms with Crippen LogP contribution in [0, 0.1) is 0 Å². The molecule has 0 aliphatic heterocycles. The molecule has 0 aromatic heterocycles. The van der Waals surface area contributed by atoms with Gasteiger partial charge in [0.05, 0.1) is 5.02 Å². The van der Waals surface area contributed by atoms with E-state index >= 15 is 0 Å². The summed E-state index contributed by atoms with van der Waals surface area (Å²) >= 11 is 9.20. The minimum Gasteiger partial charge on any atom is -0.328 e. The molecule has 0 bridgehead atoms. The number of nitrogens with two attached hydrogens (primary N) is 1. The maximum atomic E-state index is 5.84. The maximum absolute atomic E-state index is 5.84. The molecule has 1 aromatic rings. The van der Waals surface area contributed by atoms with E-state index in [2.05, 4.69) is 15.9 Å². The summed E-state index contributed by atoms with van der Waals surface area (Å²) in [5.74, 6) is 0. The van der Waals surface area contributed by atoms with E-state index in [1.807, 2.05) is 25.1 Å². The van der Waals surface area contributed by atoms with Gasteiger partial charge in [-0.2, -0.15) is 0 Å². The molecule has 12 heavy (non-hydrogen) atoms. The first-order valence-corrected chi connectivity index (χ1v) is 4.96. The molecule has 0 fully saturated rings. The Labute approximate surface area is 86.0 Å². The van der Waals surface area contributed by atoms with Crippen LogP contribution in [0.5, 0.6) is 0 Å². The second-order valence-corrected chi connectivity index (χ2v) is 4.19. The second kappa shape index (κ2) is 4.26. The minimum atomic E-state index is 0.193. The van der Waals surface area contributed by atoms with E-state index in [1.165, 1.54) is 5.56 Å². The zero-order valence-corrected chi connectivity index (χ0v) is 9.19. The number of rotatable bonds is 2. The van der Waals surface area contributed by atoms with Crippen molar-refractivity contribution in [2.24, 2.45) is 5.73 Å². The molecule has 1 nitrogen and oxygen atoms in total. The van der Waals surface area contributed by atoms with Crippen molar-refractivity contribution in [3.8, 4) is 0 Å². The molecule has 1 aromatic carbocycles. The zero-order chi connectivity index (χ0) is 9.14. The molecule has 0 spiro atoms. The highest BCUT2D eigenvalue weighted by Crippen LogP contribution is 2.23. The lowest BCUT2D eigenvalue weighted by Crippen LogP contribution is -2.17.